The molecule has 2 aromatic carbocycles. The molecule has 29 heavy (non-hydrogen) atoms. The molecule has 2 aliphatic heterocycles. The number of aromatic nitrogens is 4. The molecule has 0 bridgehead atoms. The molecule has 0 spiro atoms. The van der Waals surface area contributed by atoms with Crippen molar-refractivity contribution in [2.75, 3.05) is 29.1 Å². The molecule has 146 valence electrons. The first kappa shape index (κ1) is 18.1. The van der Waals surface area contributed by atoms with Gasteiger partial charge < -0.3 is 10.2 Å². The number of amides is 1. The molecule has 1 amide bonds. The fourth-order valence-electron chi connectivity index (χ4n) is 3.10. The fraction of sp³-hybridized carbons (Fsp3) is 0.167. The van der Waals surface area contributed by atoms with Gasteiger partial charge in [-0.15, -0.1) is 5.10 Å². The largest absolute Gasteiger partial charge is 0.325 e. The summed E-state index contributed by atoms with van der Waals surface area (Å²) in [6.45, 7) is 1.66. The van der Waals surface area contributed by atoms with Gasteiger partial charge in [-0.2, -0.15) is 4.68 Å². The summed E-state index contributed by atoms with van der Waals surface area (Å²) in [6, 6.07) is 12.0. The number of anilines is 2. The van der Waals surface area contributed by atoms with Crippen molar-refractivity contribution in [1.29, 1.82) is 0 Å². The summed E-state index contributed by atoms with van der Waals surface area (Å²) < 4.78 is 15.3. The Morgan fingerprint density at radius 2 is 2.14 bits per heavy atom. The maximum atomic E-state index is 14.0. The smallest absolute Gasteiger partial charge is 0.234 e. The van der Waals surface area contributed by atoms with Gasteiger partial charge in [-0.25, -0.2) is 4.39 Å². The summed E-state index contributed by atoms with van der Waals surface area (Å²) in [6.07, 6.45) is 0. The van der Waals surface area contributed by atoms with E-state index in [2.05, 4.69) is 30.7 Å². The number of nitrogens with zero attached hydrogens (tertiary/aromatic N) is 6. The zero-order valence-corrected chi connectivity index (χ0v) is 16.6. The van der Waals surface area contributed by atoms with Crippen LogP contribution in [0.4, 0.5) is 15.8 Å². The maximum Gasteiger partial charge on any atom is 0.234 e. The monoisotopic (exact) mass is 427 g/mol. The van der Waals surface area contributed by atoms with Crippen molar-refractivity contribution in [2.24, 2.45) is 4.99 Å². The van der Waals surface area contributed by atoms with Gasteiger partial charge in [-0.3, -0.25) is 9.79 Å². The topological polar surface area (TPSA) is 88.3 Å². The third-order valence-electron chi connectivity index (χ3n) is 4.39. The van der Waals surface area contributed by atoms with E-state index in [0.717, 1.165) is 46.3 Å². The standard InChI is InChI=1S/C18H14FN7OS2/c19-12-3-1-2-4-13(12)26-18(22-23-24-26)28-10-16(27)21-11-5-6-15-14(9-11)25-8-7-20-17(25)29-15/h1-6,9H,7-8,10H2,(H,21,27). The molecule has 5 rings (SSSR count). The van der Waals surface area contributed by atoms with E-state index in [0.29, 0.717) is 5.16 Å². The first-order valence-corrected chi connectivity index (χ1v) is 10.6. The van der Waals surface area contributed by atoms with Crippen LogP contribution in [-0.2, 0) is 4.79 Å². The van der Waals surface area contributed by atoms with E-state index in [-0.39, 0.29) is 17.3 Å². The highest BCUT2D eigenvalue weighted by molar-refractivity contribution is 8.14. The number of fused-ring (bicyclic) bond motifs is 3. The highest BCUT2D eigenvalue weighted by atomic mass is 32.2. The summed E-state index contributed by atoms with van der Waals surface area (Å²) >= 11 is 2.79. The second kappa shape index (κ2) is 7.48. The lowest BCUT2D eigenvalue weighted by Gasteiger charge is -2.13. The molecule has 2 aliphatic rings. The summed E-state index contributed by atoms with van der Waals surface area (Å²) in [4.78, 5) is 20.2. The highest BCUT2D eigenvalue weighted by Crippen LogP contribution is 2.43. The van der Waals surface area contributed by atoms with Gasteiger partial charge >= 0.3 is 0 Å². The van der Waals surface area contributed by atoms with Crippen LogP contribution in [-0.4, -0.2) is 50.1 Å². The molecule has 0 unspecified atom stereocenters. The Kier molecular flexibility index (Phi) is 4.68. The van der Waals surface area contributed by atoms with Gasteiger partial charge in [-0.05, 0) is 52.5 Å². The molecule has 3 heterocycles. The van der Waals surface area contributed by atoms with Gasteiger partial charge in [-0.1, -0.05) is 23.9 Å². The van der Waals surface area contributed by atoms with E-state index in [1.165, 1.54) is 10.7 Å². The van der Waals surface area contributed by atoms with E-state index in [9.17, 15) is 9.18 Å². The third kappa shape index (κ3) is 3.47. The van der Waals surface area contributed by atoms with Crippen molar-refractivity contribution in [2.45, 2.75) is 10.1 Å². The minimum absolute atomic E-state index is 0.0943. The van der Waals surface area contributed by atoms with Crippen molar-refractivity contribution < 1.29 is 9.18 Å². The first-order chi connectivity index (χ1) is 14.2. The zero-order valence-electron chi connectivity index (χ0n) is 14.9. The predicted octanol–water partition coefficient (Wildman–Crippen LogP) is 2.81. The van der Waals surface area contributed by atoms with Crippen LogP contribution >= 0.6 is 23.5 Å². The molecule has 1 aromatic heterocycles. The van der Waals surface area contributed by atoms with E-state index >= 15 is 0 Å². The number of nitrogens with one attached hydrogen (secondary N) is 1. The van der Waals surface area contributed by atoms with E-state index in [1.54, 1.807) is 30.0 Å². The second-order valence-corrected chi connectivity index (χ2v) is 8.21. The summed E-state index contributed by atoms with van der Waals surface area (Å²) in [5.41, 5.74) is 2.02. The quantitative estimate of drug-likeness (QED) is 0.627. The fourth-order valence-corrected chi connectivity index (χ4v) is 4.84. The lowest BCUT2D eigenvalue weighted by molar-refractivity contribution is -0.113. The average Bonchev–Trinajstić information content (AvgIpc) is 3.43. The van der Waals surface area contributed by atoms with E-state index < -0.39 is 5.82 Å². The predicted molar refractivity (Wildman–Crippen MR) is 110 cm³/mol. The Hall–Kier alpha value is -2.92. The van der Waals surface area contributed by atoms with Gasteiger partial charge in [0.1, 0.15) is 11.5 Å². The molecule has 0 saturated carbocycles. The summed E-state index contributed by atoms with van der Waals surface area (Å²) in [7, 11) is 0. The van der Waals surface area contributed by atoms with Crippen LogP contribution < -0.4 is 10.2 Å². The number of para-hydroxylation sites is 1. The SMILES string of the molecule is O=C(CSc1nnnn1-c1ccccc1F)Nc1ccc2c(c1)N1CCN=C1S2. The first-order valence-electron chi connectivity index (χ1n) is 8.79. The Morgan fingerprint density at radius 1 is 1.24 bits per heavy atom. The Balaban J connectivity index is 1.26. The van der Waals surface area contributed by atoms with Gasteiger partial charge in [0.2, 0.25) is 11.1 Å². The molecule has 0 atom stereocenters. The number of aliphatic imine (C=N–C) groups is 1. The number of carbonyl (C=O) groups is 1. The minimum Gasteiger partial charge on any atom is -0.325 e. The summed E-state index contributed by atoms with van der Waals surface area (Å²) in [5.74, 6) is -0.539. The van der Waals surface area contributed by atoms with Crippen molar-refractivity contribution in [3.8, 4) is 5.69 Å². The third-order valence-corrected chi connectivity index (χ3v) is 6.41. The van der Waals surface area contributed by atoms with Crippen molar-refractivity contribution in [1.82, 2.24) is 20.2 Å². The number of rotatable bonds is 5. The lowest BCUT2D eigenvalue weighted by atomic mass is 10.2. The molecule has 0 fully saturated rings. The minimum atomic E-state index is -0.438. The maximum absolute atomic E-state index is 14.0. The van der Waals surface area contributed by atoms with Crippen molar-refractivity contribution in [3.05, 3.63) is 48.3 Å². The molecular formula is C18H14FN7OS2. The normalized spacial score (nSPS) is 14.5. The Labute approximate surface area is 173 Å². The van der Waals surface area contributed by atoms with Crippen LogP contribution in [0.25, 0.3) is 5.69 Å². The lowest BCUT2D eigenvalue weighted by Crippen LogP contribution is -2.21. The van der Waals surface area contributed by atoms with Gasteiger partial charge in [0.25, 0.3) is 0 Å². The number of hydrogen-bond donors (Lipinski definition) is 1. The molecule has 11 heteroatoms. The van der Waals surface area contributed by atoms with Crippen LogP contribution in [0.3, 0.4) is 0 Å². The molecule has 0 saturated heterocycles. The number of thioether (sulfide) groups is 2. The van der Waals surface area contributed by atoms with Gasteiger partial charge in [0.05, 0.1) is 18.0 Å². The van der Waals surface area contributed by atoms with Gasteiger partial charge in [0, 0.05) is 17.1 Å². The number of hydrogen-bond acceptors (Lipinski definition) is 8. The second-order valence-electron chi connectivity index (χ2n) is 6.26. The zero-order chi connectivity index (χ0) is 19.8. The van der Waals surface area contributed by atoms with Crippen LogP contribution in [0.5, 0.6) is 0 Å². The number of benzene rings is 2. The van der Waals surface area contributed by atoms with E-state index in [4.69, 9.17) is 0 Å². The Morgan fingerprint density at radius 3 is 3.03 bits per heavy atom. The average molecular weight is 427 g/mol. The van der Waals surface area contributed by atoms with E-state index in [1.807, 2.05) is 18.2 Å². The number of carbonyl (C=O) groups excluding carboxylic acids is 1. The van der Waals surface area contributed by atoms with Crippen LogP contribution in [0, 0.1) is 5.82 Å². The molecule has 0 radical (unpaired) electrons. The van der Waals surface area contributed by atoms with Crippen molar-refractivity contribution >= 4 is 46.0 Å². The van der Waals surface area contributed by atoms with Crippen LogP contribution in [0.1, 0.15) is 0 Å². The van der Waals surface area contributed by atoms with Gasteiger partial charge in [0.15, 0.2) is 5.17 Å². The highest BCUT2D eigenvalue weighted by Gasteiger charge is 2.29. The molecule has 8 nitrogen and oxygen atoms in total. The molecule has 1 N–H and O–H groups in total. The molecule has 0 aliphatic carbocycles. The van der Waals surface area contributed by atoms with Crippen molar-refractivity contribution in [3.63, 3.8) is 0 Å². The Bertz CT molecular complexity index is 1130. The number of halogens is 1. The number of amidine groups is 1. The molecular weight excluding hydrogens is 413 g/mol. The summed E-state index contributed by atoms with van der Waals surface area (Å²) in [5, 5.41) is 15.6. The van der Waals surface area contributed by atoms with Crippen LogP contribution in [0.15, 0.2) is 57.5 Å². The molecule has 3 aromatic rings. The number of tetrazole rings is 1. The van der Waals surface area contributed by atoms with Crippen LogP contribution in [0.2, 0.25) is 0 Å².